The lowest BCUT2D eigenvalue weighted by molar-refractivity contribution is -0.172. The standard InChI is InChI=1S/C16H17NO3/c1-12(17(19)13(2)18)14-8-10-16(11-9-14)20-15-6-4-3-5-7-15/h3-12,19H,1-2H3/t12-/m1/s1. The van der Waals surface area contributed by atoms with Crippen LogP contribution in [-0.4, -0.2) is 16.2 Å². The molecule has 0 heterocycles. The number of amides is 1. The van der Waals surface area contributed by atoms with E-state index >= 15 is 0 Å². The van der Waals surface area contributed by atoms with Gasteiger partial charge in [-0.25, -0.2) is 5.06 Å². The summed E-state index contributed by atoms with van der Waals surface area (Å²) in [6, 6.07) is 16.4. The van der Waals surface area contributed by atoms with E-state index in [4.69, 9.17) is 4.74 Å². The average molecular weight is 271 g/mol. The number of carbonyl (C=O) groups excluding carboxylic acids is 1. The van der Waals surface area contributed by atoms with Crippen LogP contribution in [0.2, 0.25) is 0 Å². The lowest BCUT2D eigenvalue weighted by Crippen LogP contribution is -2.27. The largest absolute Gasteiger partial charge is 0.457 e. The maximum absolute atomic E-state index is 11.1. The van der Waals surface area contributed by atoms with Gasteiger partial charge in [-0.3, -0.25) is 10.0 Å². The molecule has 0 radical (unpaired) electrons. The zero-order valence-electron chi connectivity index (χ0n) is 11.5. The molecule has 0 fully saturated rings. The number of benzene rings is 2. The normalized spacial score (nSPS) is 11.8. The molecule has 20 heavy (non-hydrogen) atoms. The highest BCUT2D eigenvalue weighted by atomic mass is 16.5. The van der Waals surface area contributed by atoms with Gasteiger partial charge in [0.05, 0.1) is 6.04 Å². The first-order chi connectivity index (χ1) is 9.58. The zero-order chi connectivity index (χ0) is 14.5. The van der Waals surface area contributed by atoms with E-state index in [1.807, 2.05) is 54.6 Å². The molecule has 0 aliphatic heterocycles. The van der Waals surface area contributed by atoms with Crippen molar-refractivity contribution in [2.45, 2.75) is 19.9 Å². The maximum atomic E-state index is 11.1. The van der Waals surface area contributed by atoms with E-state index in [-0.39, 0.29) is 5.91 Å². The molecule has 0 aliphatic carbocycles. The lowest BCUT2D eigenvalue weighted by atomic mass is 10.1. The molecule has 0 saturated heterocycles. The molecular weight excluding hydrogens is 254 g/mol. The van der Waals surface area contributed by atoms with Crippen LogP contribution in [0.4, 0.5) is 0 Å². The highest BCUT2D eigenvalue weighted by molar-refractivity contribution is 5.72. The average Bonchev–Trinajstić information content (AvgIpc) is 2.47. The zero-order valence-corrected chi connectivity index (χ0v) is 11.5. The van der Waals surface area contributed by atoms with E-state index in [9.17, 15) is 10.0 Å². The Morgan fingerprint density at radius 3 is 2.15 bits per heavy atom. The molecule has 1 atom stereocenters. The highest BCUT2D eigenvalue weighted by Crippen LogP contribution is 2.24. The Labute approximate surface area is 118 Å². The summed E-state index contributed by atoms with van der Waals surface area (Å²) in [5.74, 6) is 1.09. The molecule has 0 spiro atoms. The Morgan fingerprint density at radius 2 is 1.60 bits per heavy atom. The first kappa shape index (κ1) is 14.1. The van der Waals surface area contributed by atoms with E-state index < -0.39 is 6.04 Å². The third-order valence-electron chi connectivity index (χ3n) is 3.03. The van der Waals surface area contributed by atoms with Gasteiger partial charge in [0, 0.05) is 6.92 Å². The SMILES string of the molecule is CC(=O)N(O)[C@H](C)c1ccc(Oc2ccccc2)cc1. The maximum Gasteiger partial charge on any atom is 0.243 e. The van der Waals surface area contributed by atoms with Crippen LogP contribution in [0.5, 0.6) is 11.5 Å². The van der Waals surface area contributed by atoms with E-state index in [1.54, 1.807) is 6.92 Å². The summed E-state index contributed by atoms with van der Waals surface area (Å²) < 4.78 is 5.68. The predicted octanol–water partition coefficient (Wildman–Crippen LogP) is 3.78. The molecule has 2 aromatic carbocycles. The smallest absolute Gasteiger partial charge is 0.243 e. The summed E-state index contributed by atoms with van der Waals surface area (Å²) >= 11 is 0. The summed E-state index contributed by atoms with van der Waals surface area (Å²) in [4.78, 5) is 11.1. The first-order valence-corrected chi connectivity index (χ1v) is 6.39. The number of rotatable bonds is 4. The number of nitrogens with zero attached hydrogens (tertiary/aromatic N) is 1. The van der Waals surface area contributed by atoms with Crippen LogP contribution in [0.1, 0.15) is 25.5 Å². The first-order valence-electron chi connectivity index (χ1n) is 6.39. The summed E-state index contributed by atoms with van der Waals surface area (Å²) in [5.41, 5.74) is 0.836. The van der Waals surface area contributed by atoms with Crippen molar-refractivity contribution in [3.8, 4) is 11.5 Å². The number of para-hydroxylation sites is 1. The molecular formula is C16H17NO3. The Morgan fingerprint density at radius 1 is 1.05 bits per heavy atom. The number of carbonyl (C=O) groups is 1. The molecule has 2 aromatic rings. The van der Waals surface area contributed by atoms with Crippen LogP contribution in [0.15, 0.2) is 54.6 Å². The molecule has 0 unspecified atom stereocenters. The van der Waals surface area contributed by atoms with Crippen LogP contribution in [-0.2, 0) is 4.79 Å². The molecule has 0 aliphatic rings. The van der Waals surface area contributed by atoms with Gasteiger partial charge in [-0.2, -0.15) is 0 Å². The number of ether oxygens (including phenoxy) is 1. The van der Waals surface area contributed by atoms with Crippen LogP contribution in [0.3, 0.4) is 0 Å². The van der Waals surface area contributed by atoms with Gasteiger partial charge in [0.25, 0.3) is 0 Å². The summed E-state index contributed by atoms with van der Waals surface area (Å²) in [5, 5.41) is 10.3. The molecule has 1 amide bonds. The van der Waals surface area contributed by atoms with Gasteiger partial charge in [-0.05, 0) is 36.8 Å². The Balaban J connectivity index is 2.08. The Kier molecular flexibility index (Phi) is 4.38. The molecule has 4 heteroatoms. The van der Waals surface area contributed by atoms with Crippen molar-refractivity contribution in [2.75, 3.05) is 0 Å². The minimum absolute atomic E-state index is 0.387. The fourth-order valence-electron chi connectivity index (χ4n) is 1.85. The van der Waals surface area contributed by atoms with Crippen molar-refractivity contribution in [3.63, 3.8) is 0 Å². The third kappa shape index (κ3) is 3.36. The van der Waals surface area contributed by atoms with Gasteiger partial charge >= 0.3 is 0 Å². The molecule has 0 bridgehead atoms. The van der Waals surface area contributed by atoms with Gasteiger partial charge in [-0.1, -0.05) is 30.3 Å². The second-order valence-corrected chi connectivity index (χ2v) is 4.52. The van der Waals surface area contributed by atoms with Crippen molar-refractivity contribution < 1.29 is 14.7 Å². The quantitative estimate of drug-likeness (QED) is 0.680. The molecule has 104 valence electrons. The van der Waals surface area contributed by atoms with E-state index in [1.165, 1.54) is 6.92 Å². The van der Waals surface area contributed by atoms with Gasteiger partial charge in [0.15, 0.2) is 0 Å². The number of hydrogen-bond acceptors (Lipinski definition) is 3. The molecule has 2 rings (SSSR count). The fraction of sp³-hybridized carbons (Fsp3) is 0.188. The Hall–Kier alpha value is -2.33. The minimum atomic E-state index is -0.390. The van der Waals surface area contributed by atoms with Crippen molar-refractivity contribution in [2.24, 2.45) is 0 Å². The van der Waals surface area contributed by atoms with E-state index in [0.29, 0.717) is 10.8 Å². The van der Waals surface area contributed by atoms with Crippen LogP contribution >= 0.6 is 0 Å². The van der Waals surface area contributed by atoms with Crippen LogP contribution < -0.4 is 4.74 Å². The molecule has 1 N–H and O–H groups in total. The van der Waals surface area contributed by atoms with Crippen molar-refractivity contribution >= 4 is 5.91 Å². The van der Waals surface area contributed by atoms with E-state index in [2.05, 4.69) is 0 Å². The topological polar surface area (TPSA) is 49.8 Å². The van der Waals surface area contributed by atoms with Gasteiger partial charge in [-0.15, -0.1) is 0 Å². The third-order valence-corrected chi connectivity index (χ3v) is 3.03. The van der Waals surface area contributed by atoms with Crippen LogP contribution in [0.25, 0.3) is 0 Å². The highest BCUT2D eigenvalue weighted by Gasteiger charge is 2.16. The summed E-state index contributed by atoms with van der Waals surface area (Å²) in [7, 11) is 0. The number of hydroxylamine groups is 2. The fourth-order valence-corrected chi connectivity index (χ4v) is 1.85. The summed E-state index contributed by atoms with van der Waals surface area (Å²) in [6.45, 7) is 3.08. The second-order valence-electron chi connectivity index (χ2n) is 4.52. The van der Waals surface area contributed by atoms with Crippen molar-refractivity contribution in [1.29, 1.82) is 0 Å². The number of hydrogen-bond donors (Lipinski definition) is 1. The van der Waals surface area contributed by atoms with Crippen LogP contribution in [0, 0.1) is 0 Å². The molecule has 0 saturated carbocycles. The van der Waals surface area contributed by atoms with Crippen molar-refractivity contribution in [1.82, 2.24) is 5.06 Å². The predicted molar refractivity (Wildman–Crippen MR) is 75.7 cm³/mol. The van der Waals surface area contributed by atoms with Crippen molar-refractivity contribution in [3.05, 3.63) is 60.2 Å². The molecule has 4 nitrogen and oxygen atoms in total. The van der Waals surface area contributed by atoms with Gasteiger partial charge in [0.1, 0.15) is 11.5 Å². The Bertz CT molecular complexity index is 566. The molecule has 0 aromatic heterocycles. The lowest BCUT2D eigenvalue weighted by Gasteiger charge is -2.21. The minimum Gasteiger partial charge on any atom is -0.457 e. The van der Waals surface area contributed by atoms with E-state index in [0.717, 1.165) is 11.3 Å². The monoisotopic (exact) mass is 271 g/mol. The summed E-state index contributed by atoms with van der Waals surface area (Å²) in [6.07, 6.45) is 0. The van der Waals surface area contributed by atoms with Gasteiger partial charge < -0.3 is 4.74 Å². The van der Waals surface area contributed by atoms with Gasteiger partial charge in [0.2, 0.25) is 5.91 Å². The second kappa shape index (κ2) is 6.21.